The minimum Gasteiger partial charge on any atom is -0.357 e. The maximum Gasteiger partial charge on any atom is 0.238 e. The second-order valence-electron chi connectivity index (χ2n) is 7.24. The summed E-state index contributed by atoms with van der Waals surface area (Å²) in [4.78, 5) is 4.73. The van der Waals surface area contributed by atoms with Gasteiger partial charge in [-0.25, -0.2) is 18.5 Å². The van der Waals surface area contributed by atoms with Gasteiger partial charge in [0.25, 0.3) is 0 Å². The summed E-state index contributed by atoms with van der Waals surface area (Å²) in [5.41, 5.74) is 2.32. The van der Waals surface area contributed by atoms with E-state index in [1.54, 1.807) is 12.1 Å². The molecule has 6 nitrogen and oxygen atoms in total. The third-order valence-electron chi connectivity index (χ3n) is 5.28. The maximum atomic E-state index is 11.5. The molecule has 1 fully saturated rings. The Morgan fingerprint density at radius 1 is 1.10 bits per heavy atom. The van der Waals surface area contributed by atoms with Gasteiger partial charge in [-0.2, -0.15) is 0 Å². The molecule has 0 radical (unpaired) electrons. The van der Waals surface area contributed by atoms with Crippen LogP contribution in [0.1, 0.15) is 37.3 Å². The molecule has 29 heavy (non-hydrogen) atoms. The van der Waals surface area contributed by atoms with Gasteiger partial charge in [-0.15, -0.1) is 24.0 Å². The quantitative estimate of drug-likeness (QED) is 0.292. The first-order valence-electron chi connectivity index (χ1n) is 9.62. The summed E-state index contributed by atoms with van der Waals surface area (Å²) in [5.74, 6) is 0.728. The summed E-state index contributed by atoms with van der Waals surface area (Å²) in [6.07, 6.45) is 3.57. The lowest BCUT2D eigenvalue weighted by Gasteiger charge is -2.43. The maximum absolute atomic E-state index is 11.5. The zero-order chi connectivity index (χ0) is 20.0. The van der Waals surface area contributed by atoms with Crippen molar-refractivity contribution in [3.05, 3.63) is 65.7 Å². The van der Waals surface area contributed by atoms with Crippen LogP contribution in [-0.2, 0) is 22.0 Å². The Bertz CT molecular complexity index is 929. The average molecular weight is 528 g/mol. The van der Waals surface area contributed by atoms with E-state index in [9.17, 15) is 8.42 Å². The van der Waals surface area contributed by atoms with Crippen molar-refractivity contribution in [3.8, 4) is 0 Å². The molecule has 4 N–H and O–H groups in total. The molecular formula is C21H29IN4O2S. The Kier molecular flexibility index (Phi) is 8.47. The number of nitrogens with zero attached hydrogens (tertiary/aromatic N) is 1. The number of benzene rings is 2. The first kappa shape index (κ1) is 23.6. The van der Waals surface area contributed by atoms with Gasteiger partial charge >= 0.3 is 0 Å². The molecule has 0 unspecified atom stereocenters. The highest BCUT2D eigenvalue weighted by atomic mass is 127. The van der Waals surface area contributed by atoms with Gasteiger partial charge in [0.15, 0.2) is 5.96 Å². The number of nitrogens with two attached hydrogens (primary N) is 1. The summed E-state index contributed by atoms with van der Waals surface area (Å²) in [5, 5.41) is 12.0. The first-order valence-corrected chi connectivity index (χ1v) is 11.2. The van der Waals surface area contributed by atoms with Crippen LogP contribution in [0.15, 0.2) is 64.5 Å². The Balaban J connectivity index is 0.00000300. The fourth-order valence-electron chi connectivity index (χ4n) is 3.55. The van der Waals surface area contributed by atoms with E-state index in [2.05, 4.69) is 39.9 Å². The van der Waals surface area contributed by atoms with Crippen molar-refractivity contribution in [3.63, 3.8) is 0 Å². The third-order valence-corrected chi connectivity index (χ3v) is 6.19. The fraction of sp³-hybridized carbons (Fsp3) is 0.381. The van der Waals surface area contributed by atoms with Crippen molar-refractivity contribution in [1.29, 1.82) is 0 Å². The van der Waals surface area contributed by atoms with Crippen LogP contribution < -0.4 is 15.8 Å². The molecule has 1 aliphatic rings. The zero-order valence-corrected chi connectivity index (χ0v) is 19.7. The van der Waals surface area contributed by atoms with E-state index < -0.39 is 10.0 Å². The predicted octanol–water partition coefficient (Wildman–Crippen LogP) is 3.13. The topological polar surface area (TPSA) is 96.6 Å². The highest BCUT2D eigenvalue weighted by Crippen LogP contribution is 2.43. The van der Waals surface area contributed by atoms with E-state index in [-0.39, 0.29) is 34.3 Å². The van der Waals surface area contributed by atoms with Gasteiger partial charge < -0.3 is 10.6 Å². The van der Waals surface area contributed by atoms with E-state index >= 15 is 0 Å². The Hall–Kier alpha value is -1.65. The van der Waals surface area contributed by atoms with Crippen molar-refractivity contribution in [1.82, 2.24) is 10.6 Å². The summed E-state index contributed by atoms with van der Waals surface area (Å²) in [6, 6.07) is 17.2. The number of sulfonamides is 1. The van der Waals surface area contributed by atoms with Gasteiger partial charge in [-0.1, -0.05) is 48.9 Å². The van der Waals surface area contributed by atoms with Gasteiger partial charge in [-0.05, 0) is 43.0 Å². The number of rotatable bonds is 7. The summed E-state index contributed by atoms with van der Waals surface area (Å²) in [6.45, 7) is 3.97. The predicted molar refractivity (Wildman–Crippen MR) is 128 cm³/mol. The van der Waals surface area contributed by atoms with Crippen LogP contribution in [0.5, 0.6) is 0 Å². The van der Waals surface area contributed by atoms with Crippen molar-refractivity contribution >= 4 is 40.0 Å². The smallest absolute Gasteiger partial charge is 0.238 e. The molecule has 1 saturated carbocycles. The van der Waals surface area contributed by atoms with E-state index in [0.717, 1.165) is 24.6 Å². The summed E-state index contributed by atoms with van der Waals surface area (Å²) in [7, 11) is -3.71. The molecular weight excluding hydrogens is 499 g/mol. The first-order chi connectivity index (χ1) is 13.4. The summed E-state index contributed by atoms with van der Waals surface area (Å²) >= 11 is 0. The molecule has 2 aromatic rings. The van der Waals surface area contributed by atoms with E-state index in [1.807, 2.05) is 19.1 Å². The number of halogens is 1. The average Bonchev–Trinajstić information content (AvgIpc) is 2.65. The van der Waals surface area contributed by atoms with Crippen LogP contribution in [0, 0.1) is 0 Å². The van der Waals surface area contributed by atoms with Gasteiger partial charge in [0, 0.05) is 18.5 Å². The Labute approximate surface area is 190 Å². The molecule has 8 heteroatoms. The van der Waals surface area contributed by atoms with Crippen LogP contribution in [-0.4, -0.2) is 27.5 Å². The lowest BCUT2D eigenvalue weighted by atomic mass is 9.64. The van der Waals surface area contributed by atoms with Crippen LogP contribution in [0.25, 0.3) is 0 Å². The molecule has 0 amide bonds. The Morgan fingerprint density at radius 2 is 1.83 bits per heavy atom. The van der Waals surface area contributed by atoms with Crippen LogP contribution in [0.2, 0.25) is 0 Å². The lowest BCUT2D eigenvalue weighted by Crippen LogP contribution is -2.48. The van der Waals surface area contributed by atoms with Crippen LogP contribution in [0.3, 0.4) is 0 Å². The monoisotopic (exact) mass is 528 g/mol. The number of hydrogen-bond donors (Lipinski definition) is 3. The summed E-state index contributed by atoms with van der Waals surface area (Å²) < 4.78 is 23.1. The number of hydrogen-bond acceptors (Lipinski definition) is 3. The fourth-order valence-corrected chi connectivity index (χ4v) is 4.13. The second-order valence-corrected chi connectivity index (χ2v) is 8.80. The van der Waals surface area contributed by atoms with Crippen molar-refractivity contribution in [2.75, 3.05) is 13.1 Å². The van der Waals surface area contributed by atoms with Gasteiger partial charge in [0.05, 0.1) is 11.4 Å². The third kappa shape index (κ3) is 6.16. The molecule has 0 spiro atoms. The van der Waals surface area contributed by atoms with Gasteiger partial charge in [0.1, 0.15) is 0 Å². The minimum atomic E-state index is -3.71. The standard InChI is InChI=1S/C21H28N4O2S.HI/c1-2-23-20(24-15-17-8-6-11-19(14-17)28(22,26)27)25-16-21(12-7-13-21)18-9-4-3-5-10-18;/h3-6,8-11,14H,2,7,12-13,15-16H2,1H3,(H2,22,26,27)(H2,23,24,25);1H. The van der Waals surface area contributed by atoms with E-state index in [0.29, 0.717) is 6.54 Å². The molecule has 158 valence electrons. The second kappa shape index (κ2) is 10.4. The zero-order valence-electron chi connectivity index (χ0n) is 16.6. The van der Waals surface area contributed by atoms with Gasteiger partial charge in [0.2, 0.25) is 10.0 Å². The highest BCUT2D eigenvalue weighted by molar-refractivity contribution is 14.0. The molecule has 0 saturated heterocycles. The molecule has 0 aromatic heterocycles. The largest absolute Gasteiger partial charge is 0.357 e. The molecule has 2 aromatic carbocycles. The van der Waals surface area contributed by atoms with Crippen LogP contribution >= 0.6 is 24.0 Å². The minimum absolute atomic E-state index is 0. The molecule has 1 aliphatic carbocycles. The van der Waals surface area contributed by atoms with Crippen molar-refractivity contribution in [2.24, 2.45) is 10.1 Å². The van der Waals surface area contributed by atoms with Crippen LogP contribution in [0.4, 0.5) is 0 Å². The molecule has 0 atom stereocenters. The van der Waals surface area contributed by atoms with E-state index in [1.165, 1.54) is 30.9 Å². The normalized spacial score (nSPS) is 15.7. The Morgan fingerprint density at radius 3 is 2.41 bits per heavy atom. The van der Waals surface area contributed by atoms with E-state index in [4.69, 9.17) is 5.14 Å². The number of nitrogens with one attached hydrogen (secondary N) is 2. The van der Waals surface area contributed by atoms with Gasteiger partial charge in [-0.3, -0.25) is 0 Å². The number of aliphatic imine (C=N–C) groups is 1. The molecule has 0 heterocycles. The number of primary sulfonamides is 1. The lowest BCUT2D eigenvalue weighted by molar-refractivity contribution is 0.244. The SMILES string of the molecule is CCNC(=NCc1cccc(S(N)(=O)=O)c1)NCC1(c2ccccc2)CCC1.I. The number of guanidine groups is 1. The molecule has 3 rings (SSSR count). The molecule has 0 aliphatic heterocycles. The van der Waals surface area contributed by atoms with Crippen molar-refractivity contribution in [2.45, 2.75) is 43.0 Å². The van der Waals surface area contributed by atoms with Crippen molar-refractivity contribution < 1.29 is 8.42 Å². The highest BCUT2D eigenvalue weighted by Gasteiger charge is 2.38. The molecule has 0 bridgehead atoms.